The number of likely N-dealkylation sites (tertiary alicyclic amines) is 3. The van der Waals surface area contributed by atoms with Crippen LogP contribution in [0.5, 0.6) is 0 Å². The number of amides is 3. The number of nitrogens with zero attached hydrogens (tertiary/aromatic N) is 3. The first-order valence-corrected chi connectivity index (χ1v) is 12.6. The number of carbonyl (C=O) groups is 3. The summed E-state index contributed by atoms with van der Waals surface area (Å²) in [6.07, 6.45) is 8.77. The van der Waals surface area contributed by atoms with E-state index in [9.17, 15) is 14.4 Å². The summed E-state index contributed by atoms with van der Waals surface area (Å²) < 4.78 is 0. The molecule has 3 saturated heterocycles. The first kappa shape index (κ1) is 23.5. The molecule has 3 amide bonds. The Hall–Kier alpha value is -2.63. The molecule has 3 aliphatic rings. The Kier molecular flexibility index (Phi) is 7.84. The molecule has 1 unspecified atom stereocenters. The summed E-state index contributed by atoms with van der Waals surface area (Å²) in [6.45, 7) is 6.59. The van der Waals surface area contributed by atoms with E-state index in [0.29, 0.717) is 50.8 Å². The molecule has 4 rings (SSSR count). The molecule has 0 aliphatic carbocycles. The molecular weight excluding hydrogens is 414 g/mol. The highest BCUT2D eigenvalue weighted by molar-refractivity contribution is 5.92. The van der Waals surface area contributed by atoms with Gasteiger partial charge in [-0.2, -0.15) is 0 Å². The number of hydrogen-bond acceptors (Lipinski definition) is 3. The Morgan fingerprint density at radius 2 is 1.33 bits per heavy atom. The van der Waals surface area contributed by atoms with E-state index >= 15 is 0 Å². The fraction of sp³-hybridized carbons (Fsp3) is 0.593. The molecule has 0 aromatic heterocycles. The maximum absolute atomic E-state index is 13.1. The molecular formula is C27H37N3O3. The second-order valence-corrected chi connectivity index (χ2v) is 9.97. The maximum atomic E-state index is 13.1. The van der Waals surface area contributed by atoms with Gasteiger partial charge in [-0.05, 0) is 56.1 Å². The fourth-order valence-corrected chi connectivity index (χ4v) is 5.44. The largest absolute Gasteiger partial charge is 0.342 e. The van der Waals surface area contributed by atoms with Gasteiger partial charge in [-0.1, -0.05) is 37.3 Å². The van der Waals surface area contributed by atoms with Gasteiger partial charge in [0.1, 0.15) is 0 Å². The average Bonchev–Trinajstić information content (AvgIpc) is 2.87. The van der Waals surface area contributed by atoms with Crippen molar-refractivity contribution in [3.05, 3.63) is 42.0 Å². The third kappa shape index (κ3) is 6.04. The minimum absolute atomic E-state index is 0.0103. The lowest BCUT2D eigenvalue weighted by Crippen LogP contribution is -2.49. The van der Waals surface area contributed by atoms with Crippen LogP contribution < -0.4 is 0 Å². The summed E-state index contributed by atoms with van der Waals surface area (Å²) >= 11 is 0. The van der Waals surface area contributed by atoms with Crippen LogP contribution in [0, 0.1) is 17.8 Å². The summed E-state index contributed by atoms with van der Waals surface area (Å²) in [6, 6.07) is 9.80. The van der Waals surface area contributed by atoms with E-state index < -0.39 is 0 Å². The van der Waals surface area contributed by atoms with Crippen molar-refractivity contribution < 1.29 is 14.4 Å². The Bertz CT molecular complexity index is 853. The van der Waals surface area contributed by atoms with Crippen LogP contribution in [0.1, 0.15) is 51.0 Å². The summed E-state index contributed by atoms with van der Waals surface area (Å²) in [4.78, 5) is 44.3. The molecule has 6 heteroatoms. The second kappa shape index (κ2) is 11.0. The first-order valence-electron chi connectivity index (χ1n) is 12.6. The molecule has 1 atom stereocenters. The van der Waals surface area contributed by atoms with E-state index in [2.05, 4.69) is 11.8 Å². The fourth-order valence-electron chi connectivity index (χ4n) is 5.44. The molecule has 0 bridgehead atoms. The summed E-state index contributed by atoms with van der Waals surface area (Å²) in [5, 5.41) is 0. The van der Waals surface area contributed by atoms with Crippen molar-refractivity contribution in [3.63, 3.8) is 0 Å². The van der Waals surface area contributed by atoms with E-state index in [4.69, 9.17) is 0 Å². The van der Waals surface area contributed by atoms with Gasteiger partial charge in [-0.15, -0.1) is 0 Å². The third-order valence-electron chi connectivity index (χ3n) is 7.50. The van der Waals surface area contributed by atoms with Gasteiger partial charge < -0.3 is 14.7 Å². The maximum Gasteiger partial charge on any atom is 0.246 e. The smallest absolute Gasteiger partial charge is 0.246 e. The van der Waals surface area contributed by atoms with E-state index in [-0.39, 0.29) is 23.7 Å². The zero-order valence-corrected chi connectivity index (χ0v) is 19.8. The highest BCUT2D eigenvalue weighted by atomic mass is 16.2. The molecule has 3 fully saturated rings. The molecule has 0 saturated carbocycles. The zero-order chi connectivity index (χ0) is 23.2. The van der Waals surface area contributed by atoms with Crippen molar-refractivity contribution >= 4 is 23.8 Å². The standard InChI is InChI=1S/C27H37N3O3/c1-21-6-5-15-30(20-21)27(33)24-13-18-29(19-14-24)26(32)23-11-16-28(17-12-23)25(31)10-9-22-7-3-2-4-8-22/h2-4,7-10,21,23-24H,5-6,11-20H2,1H3. The van der Waals surface area contributed by atoms with Crippen LogP contribution in [-0.4, -0.2) is 71.7 Å². The third-order valence-corrected chi connectivity index (χ3v) is 7.50. The van der Waals surface area contributed by atoms with Crippen LogP contribution in [0.3, 0.4) is 0 Å². The van der Waals surface area contributed by atoms with Crippen molar-refractivity contribution in [2.75, 3.05) is 39.3 Å². The van der Waals surface area contributed by atoms with E-state index in [1.807, 2.05) is 46.2 Å². The van der Waals surface area contributed by atoms with Crippen LogP contribution in [-0.2, 0) is 14.4 Å². The van der Waals surface area contributed by atoms with Crippen LogP contribution in [0.4, 0.5) is 0 Å². The molecule has 0 N–H and O–H groups in total. The highest BCUT2D eigenvalue weighted by Gasteiger charge is 2.35. The monoisotopic (exact) mass is 451 g/mol. The molecule has 3 heterocycles. The quantitative estimate of drug-likeness (QED) is 0.659. The van der Waals surface area contributed by atoms with E-state index in [1.54, 1.807) is 6.08 Å². The van der Waals surface area contributed by atoms with Crippen LogP contribution in [0.25, 0.3) is 6.08 Å². The molecule has 3 aliphatic heterocycles. The number of piperidine rings is 3. The molecule has 178 valence electrons. The number of rotatable bonds is 4. The number of carbonyl (C=O) groups excluding carboxylic acids is 3. The predicted molar refractivity (Wildman–Crippen MR) is 129 cm³/mol. The number of benzene rings is 1. The molecule has 33 heavy (non-hydrogen) atoms. The molecule has 1 aromatic rings. The topological polar surface area (TPSA) is 60.9 Å². The summed E-state index contributed by atoms with van der Waals surface area (Å²) in [5.41, 5.74) is 1.01. The van der Waals surface area contributed by atoms with Gasteiger partial charge in [0.2, 0.25) is 17.7 Å². The molecule has 0 radical (unpaired) electrons. The normalized spacial score (nSPS) is 23.2. The van der Waals surface area contributed by atoms with Gasteiger partial charge in [0.15, 0.2) is 0 Å². The number of hydrogen-bond donors (Lipinski definition) is 0. The van der Waals surface area contributed by atoms with Gasteiger partial charge in [0, 0.05) is 57.2 Å². The Morgan fingerprint density at radius 1 is 0.758 bits per heavy atom. The van der Waals surface area contributed by atoms with Gasteiger partial charge in [0.05, 0.1) is 0 Å². The molecule has 0 spiro atoms. The van der Waals surface area contributed by atoms with Gasteiger partial charge in [0.25, 0.3) is 0 Å². The van der Waals surface area contributed by atoms with Gasteiger partial charge >= 0.3 is 0 Å². The minimum atomic E-state index is -0.0117. The minimum Gasteiger partial charge on any atom is -0.342 e. The van der Waals surface area contributed by atoms with Gasteiger partial charge in [-0.25, -0.2) is 0 Å². The van der Waals surface area contributed by atoms with Gasteiger partial charge in [-0.3, -0.25) is 14.4 Å². The average molecular weight is 452 g/mol. The van der Waals surface area contributed by atoms with Crippen LogP contribution in [0.15, 0.2) is 36.4 Å². The van der Waals surface area contributed by atoms with Crippen molar-refractivity contribution in [1.82, 2.24) is 14.7 Å². The second-order valence-electron chi connectivity index (χ2n) is 9.97. The Morgan fingerprint density at radius 3 is 1.94 bits per heavy atom. The molecule has 6 nitrogen and oxygen atoms in total. The Labute approximate surface area is 197 Å². The lowest BCUT2D eigenvalue weighted by molar-refractivity contribution is -0.144. The van der Waals surface area contributed by atoms with Crippen molar-refractivity contribution in [2.24, 2.45) is 17.8 Å². The summed E-state index contributed by atoms with van der Waals surface area (Å²) in [7, 11) is 0. The zero-order valence-electron chi connectivity index (χ0n) is 19.8. The van der Waals surface area contributed by atoms with Crippen LogP contribution in [0.2, 0.25) is 0 Å². The first-order chi connectivity index (χ1) is 16.0. The summed E-state index contributed by atoms with van der Waals surface area (Å²) in [5.74, 6) is 1.16. The predicted octanol–water partition coefficient (Wildman–Crippen LogP) is 3.44. The van der Waals surface area contributed by atoms with Crippen molar-refractivity contribution in [3.8, 4) is 0 Å². The SMILES string of the molecule is CC1CCCN(C(=O)C2CCN(C(=O)C3CCN(C(=O)C=Cc4ccccc4)CC3)CC2)C1. The van der Waals surface area contributed by atoms with Crippen molar-refractivity contribution in [1.29, 1.82) is 0 Å². The lowest BCUT2D eigenvalue weighted by Gasteiger charge is -2.39. The molecule has 1 aromatic carbocycles. The van der Waals surface area contributed by atoms with Crippen LogP contribution >= 0.6 is 0 Å². The lowest BCUT2D eigenvalue weighted by atomic mass is 9.90. The highest BCUT2D eigenvalue weighted by Crippen LogP contribution is 2.26. The van der Waals surface area contributed by atoms with E-state index in [0.717, 1.165) is 37.9 Å². The van der Waals surface area contributed by atoms with Crippen molar-refractivity contribution in [2.45, 2.75) is 45.4 Å². The van der Waals surface area contributed by atoms with E-state index in [1.165, 1.54) is 6.42 Å². The Balaban J connectivity index is 1.20.